The van der Waals surface area contributed by atoms with Crippen molar-refractivity contribution in [2.45, 2.75) is 44.1 Å². The second-order valence-electron chi connectivity index (χ2n) is 5.54. The van der Waals surface area contributed by atoms with E-state index in [1.54, 1.807) is 19.1 Å². The molecule has 0 aliphatic heterocycles. The molecule has 1 aromatic carbocycles. The number of carboxylic acids is 1. The van der Waals surface area contributed by atoms with Crippen LogP contribution in [0, 0.1) is 0 Å². The second kappa shape index (κ2) is 6.24. The first-order valence-corrected chi connectivity index (χ1v) is 7.59. The summed E-state index contributed by atoms with van der Waals surface area (Å²) in [5.41, 5.74) is 0.226. The number of hydrogen-bond acceptors (Lipinski definition) is 2. The van der Waals surface area contributed by atoms with E-state index >= 15 is 0 Å². The number of carbonyl (C=O) groups excluding carboxylic acids is 1. The minimum Gasteiger partial charge on any atom is -0.481 e. The molecule has 114 valence electrons. The Bertz CT molecular complexity index is 570. The Hall–Kier alpha value is -1.26. The molecule has 0 aromatic heterocycles. The smallest absolute Gasteiger partial charge is 0.305 e. The van der Waals surface area contributed by atoms with Gasteiger partial charge in [0.15, 0.2) is 0 Å². The average Bonchev–Trinajstić information content (AvgIpc) is 2.30. The van der Waals surface area contributed by atoms with Crippen LogP contribution in [-0.2, 0) is 15.0 Å². The summed E-state index contributed by atoms with van der Waals surface area (Å²) < 4.78 is 0. The predicted octanol–water partition coefficient (Wildman–Crippen LogP) is 3.39. The Morgan fingerprint density at radius 3 is 2.48 bits per heavy atom. The quantitative estimate of drug-likeness (QED) is 0.870. The molecular weight excluding hydrogens is 313 g/mol. The molecule has 1 aromatic rings. The lowest BCUT2D eigenvalue weighted by Gasteiger charge is -2.41. The summed E-state index contributed by atoms with van der Waals surface area (Å²) in [6.45, 7) is 1.69. The zero-order valence-corrected chi connectivity index (χ0v) is 13.2. The molecule has 2 rings (SSSR count). The van der Waals surface area contributed by atoms with E-state index in [9.17, 15) is 9.59 Å². The van der Waals surface area contributed by atoms with Crippen molar-refractivity contribution in [3.05, 3.63) is 33.8 Å². The lowest BCUT2D eigenvalue weighted by atomic mass is 9.63. The molecular formula is C15H17Cl2NO3. The monoisotopic (exact) mass is 329 g/mol. The summed E-state index contributed by atoms with van der Waals surface area (Å²) in [6, 6.07) is 4.82. The van der Waals surface area contributed by atoms with Gasteiger partial charge in [-0.3, -0.25) is 9.59 Å². The molecule has 0 bridgehead atoms. The standard InChI is InChI=1S/C15H17Cl2NO3/c1-9(7-13(19)20)18-14(21)15(5-2-6-15)10-3-4-11(16)12(17)8-10/h3-4,8-9H,2,5-7H2,1H3,(H,18,21)(H,19,20). The summed E-state index contributed by atoms with van der Waals surface area (Å²) >= 11 is 12.0. The van der Waals surface area contributed by atoms with Crippen LogP contribution >= 0.6 is 23.2 Å². The van der Waals surface area contributed by atoms with Crippen LogP contribution in [-0.4, -0.2) is 23.0 Å². The number of carboxylic acid groups (broad SMARTS) is 1. The molecule has 1 saturated carbocycles. The van der Waals surface area contributed by atoms with Gasteiger partial charge in [-0.15, -0.1) is 0 Å². The maximum absolute atomic E-state index is 12.6. The summed E-state index contributed by atoms with van der Waals surface area (Å²) in [4.78, 5) is 23.2. The number of carbonyl (C=O) groups is 2. The molecule has 4 nitrogen and oxygen atoms in total. The van der Waals surface area contributed by atoms with Gasteiger partial charge in [0.2, 0.25) is 5.91 Å². The summed E-state index contributed by atoms with van der Waals surface area (Å²) in [6.07, 6.45) is 2.33. The van der Waals surface area contributed by atoms with E-state index in [2.05, 4.69) is 5.32 Å². The van der Waals surface area contributed by atoms with Gasteiger partial charge in [0.1, 0.15) is 0 Å². The predicted molar refractivity (Wildman–Crippen MR) is 81.8 cm³/mol. The highest BCUT2D eigenvalue weighted by Gasteiger charge is 2.46. The molecule has 21 heavy (non-hydrogen) atoms. The molecule has 1 aliphatic rings. The topological polar surface area (TPSA) is 66.4 Å². The van der Waals surface area contributed by atoms with Crippen LogP contribution in [0.2, 0.25) is 10.0 Å². The molecule has 2 N–H and O–H groups in total. The number of halogens is 2. The Balaban J connectivity index is 2.19. The summed E-state index contributed by atoms with van der Waals surface area (Å²) in [5.74, 6) is -1.07. The van der Waals surface area contributed by atoms with Gasteiger partial charge < -0.3 is 10.4 Å². The molecule has 0 saturated heterocycles. The minimum atomic E-state index is -0.931. The van der Waals surface area contributed by atoms with Crippen molar-refractivity contribution in [3.8, 4) is 0 Å². The number of nitrogens with one attached hydrogen (secondary N) is 1. The summed E-state index contributed by atoms with van der Waals surface area (Å²) in [5, 5.41) is 12.4. The highest BCUT2D eigenvalue weighted by molar-refractivity contribution is 6.42. The number of aliphatic carboxylic acids is 1. The van der Waals surface area contributed by atoms with Crippen molar-refractivity contribution in [2.24, 2.45) is 0 Å². The lowest BCUT2D eigenvalue weighted by molar-refractivity contribution is -0.138. The van der Waals surface area contributed by atoms with E-state index in [1.165, 1.54) is 0 Å². The largest absolute Gasteiger partial charge is 0.481 e. The zero-order valence-electron chi connectivity index (χ0n) is 11.7. The third kappa shape index (κ3) is 3.33. The maximum Gasteiger partial charge on any atom is 0.305 e. The molecule has 1 fully saturated rings. The first-order chi connectivity index (χ1) is 9.85. The Morgan fingerprint density at radius 2 is 2.00 bits per heavy atom. The van der Waals surface area contributed by atoms with Crippen molar-refractivity contribution in [1.82, 2.24) is 5.32 Å². The molecule has 1 unspecified atom stereocenters. The fourth-order valence-corrected chi connectivity index (χ4v) is 2.94. The molecule has 0 radical (unpaired) electrons. The third-order valence-electron chi connectivity index (χ3n) is 3.97. The van der Waals surface area contributed by atoms with Crippen LogP contribution in [0.5, 0.6) is 0 Å². The lowest BCUT2D eigenvalue weighted by Crippen LogP contribution is -2.51. The van der Waals surface area contributed by atoms with Gasteiger partial charge in [-0.2, -0.15) is 0 Å². The van der Waals surface area contributed by atoms with E-state index in [0.717, 1.165) is 24.8 Å². The average molecular weight is 330 g/mol. The van der Waals surface area contributed by atoms with E-state index in [0.29, 0.717) is 10.0 Å². The van der Waals surface area contributed by atoms with Crippen LogP contribution in [0.4, 0.5) is 0 Å². The number of benzene rings is 1. The Labute approximate surface area is 133 Å². The van der Waals surface area contributed by atoms with Gasteiger partial charge >= 0.3 is 5.97 Å². The van der Waals surface area contributed by atoms with Crippen LogP contribution in [0.1, 0.15) is 38.2 Å². The molecule has 0 spiro atoms. The van der Waals surface area contributed by atoms with Crippen LogP contribution in [0.3, 0.4) is 0 Å². The van der Waals surface area contributed by atoms with Crippen LogP contribution < -0.4 is 5.32 Å². The Morgan fingerprint density at radius 1 is 1.33 bits per heavy atom. The third-order valence-corrected chi connectivity index (χ3v) is 4.71. The number of hydrogen-bond donors (Lipinski definition) is 2. The van der Waals surface area contributed by atoms with Crippen molar-refractivity contribution >= 4 is 35.1 Å². The van der Waals surface area contributed by atoms with E-state index < -0.39 is 17.4 Å². The minimum absolute atomic E-state index is 0.0941. The van der Waals surface area contributed by atoms with Gasteiger partial charge in [0.25, 0.3) is 0 Å². The SMILES string of the molecule is CC(CC(=O)O)NC(=O)C1(c2ccc(Cl)c(Cl)c2)CCC1. The van der Waals surface area contributed by atoms with Crippen LogP contribution in [0.15, 0.2) is 18.2 Å². The van der Waals surface area contributed by atoms with E-state index in [4.69, 9.17) is 28.3 Å². The number of amides is 1. The molecule has 0 heterocycles. The fraction of sp³-hybridized carbons (Fsp3) is 0.467. The van der Waals surface area contributed by atoms with E-state index in [1.807, 2.05) is 6.07 Å². The van der Waals surface area contributed by atoms with Crippen molar-refractivity contribution in [3.63, 3.8) is 0 Å². The fourth-order valence-electron chi connectivity index (χ4n) is 2.65. The first-order valence-electron chi connectivity index (χ1n) is 6.83. The number of rotatable bonds is 5. The Kier molecular flexibility index (Phi) is 4.79. The van der Waals surface area contributed by atoms with Gasteiger partial charge in [-0.25, -0.2) is 0 Å². The highest BCUT2D eigenvalue weighted by Crippen LogP contribution is 2.45. The van der Waals surface area contributed by atoms with E-state index in [-0.39, 0.29) is 12.3 Å². The second-order valence-corrected chi connectivity index (χ2v) is 6.35. The van der Waals surface area contributed by atoms with Crippen molar-refractivity contribution in [2.75, 3.05) is 0 Å². The molecule has 6 heteroatoms. The molecule has 1 aliphatic carbocycles. The molecule has 1 amide bonds. The van der Waals surface area contributed by atoms with Crippen molar-refractivity contribution < 1.29 is 14.7 Å². The van der Waals surface area contributed by atoms with Crippen LogP contribution in [0.25, 0.3) is 0 Å². The molecule has 1 atom stereocenters. The highest BCUT2D eigenvalue weighted by atomic mass is 35.5. The maximum atomic E-state index is 12.6. The summed E-state index contributed by atoms with van der Waals surface area (Å²) in [7, 11) is 0. The van der Waals surface area contributed by atoms with Gasteiger partial charge in [0.05, 0.1) is 21.9 Å². The normalized spacial score (nSPS) is 17.7. The van der Waals surface area contributed by atoms with Gasteiger partial charge in [-0.05, 0) is 37.5 Å². The first kappa shape index (κ1) is 16.1. The van der Waals surface area contributed by atoms with Gasteiger partial charge in [-0.1, -0.05) is 35.7 Å². The zero-order chi connectivity index (χ0) is 15.6. The van der Waals surface area contributed by atoms with Gasteiger partial charge in [0, 0.05) is 6.04 Å². The van der Waals surface area contributed by atoms with Crippen molar-refractivity contribution in [1.29, 1.82) is 0 Å².